The molecule has 0 aromatic heterocycles. The van der Waals surface area contributed by atoms with Gasteiger partial charge in [-0.25, -0.2) is 4.79 Å². The van der Waals surface area contributed by atoms with Gasteiger partial charge in [-0.3, -0.25) is 0 Å². The lowest BCUT2D eigenvalue weighted by Crippen LogP contribution is -2.30. The zero-order valence-corrected chi connectivity index (χ0v) is 13.6. The zero-order valence-electron chi connectivity index (χ0n) is 13.6. The summed E-state index contributed by atoms with van der Waals surface area (Å²) in [6, 6.07) is 6.95. The van der Waals surface area contributed by atoms with Crippen molar-refractivity contribution in [2.45, 2.75) is 33.0 Å². The SMILES string of the molecule is CCOC(CCCNC(=O)Nc1ccc(OC)cc1)OCC. The number of carbonyl (C=O) groups excluding carboxylic acids is 1. The minimum absolute atomic E-state index is 0.193. The molecular formula is C16H26N2O4. The molecule has 0 saturated carbocycles. The highest BCUT2D eigenvalue weighted by Gasteiger charge is 2.08. The van der Waals surface area contributed by atoms with Crippen molar-refractivity contribution in [2.75, 3.05) is 32.2 Å². The van der Waals surface area contributed by atoms with Crippen molar-refractivity contribution in [1.82, 2.24) is 5.32 Å². The first-order chi connectivity index (χ1) is 10.7. The lowest BCUT2D eigenvalue weighted by Gasteiger charge is -2.16. The van der Waals surface area contributed by atoms with E-state index in [1.165, 1.54) is 0 Å². The highest BCUT2D eigenvalue weighted by molar-refractivity contribution is 5.89. The van der Waals surface area contributed by atoms with Gasteiger partial charge in [-0.2, -0.15) is 0 Å². The molecule has 2 amide bonds. The molecule has 0 atom stereocenters. The summed E-state index contributed by atoms with van der Waals surface area (Å²) in [6.07, 6.45) is 1.35. The average Bonchev–Trinajstić information content (AvgIpc) is 2.52. The second-order valence-corrected chi connectivity index (χ2v) is 4.59. The van der Waals surface area contributed by atoms with E-state index in [-0.39, 0.29) is 12.3 Å². The van der Waals surface area contributed by atoms with Crippen LogP contribution in [0.1, 0.15) is 26.7 Å². The quantitative estimate of drug-likeness (QED) is 0.515. The van der Waals surface area contributed by atoms with Crippen molar-refractivity contribution in [1.29, 1.82) is 0 Å². The Labute approximate surface area is 132 Å². The van der Waals surface area contributed by atoms with E-state index >= 15 is 0 Å². The number of anilines is 1. The summed E-state index contributed by atoms with van der Waals surface area (Å²) < 4.78 is 16.0. The molecule has 6 nitrogen and oxygen atoms in total. The Morgan fingerprint density at radius 1 is 1.14 bits per heavy atom. The molecule has 124 valence electrons. The molecule has 0 fully saturated rings. The molecule has 1 aromatic carbocycles. The van der Waals surface area contributed by atoms with Gasteiger partial charge in [0.05, 0.1) is 7.11 Å². The van der Waals surface area contributed by atoms with Gasteiger partial charge in [0.2, 0.25) is 0 Å². The predicted molar refractivity (Wildman–Crippen MR) is 86.3 cm³/mol. The number of amides is 2. The lowest BCUT2D eigenvalue weighted by atomic mass is 10.3. The van der Waals surface area contributed by atoms with E-state index in [1.54, 1.807) is 31.4 Å². The Morgan fingerprint density at radius 2 is 1.77 bits per heavy atom. The van der Waals surface area contributed by atoms with Gasteiger partial charge in [0.25, 0.3) is 0 Å². The Balaban J connectivity index is 2.22. The Bertz CT molecular complexity index is 417. The molecule has 1 aromatic rings. The first kappa shape index (κ1) is 18.3. The predicted octanol–water partition coefficient (Wildman–Crippen LogP) is 3.00. The largest absolute Gasteiger partial charge is 0.497 e. The highest BCUT2D eigenvalue weighted by Crippen LogP contribution is 2.14. The monoisotopic (exact) mass is 310 g/mol. The molecule has 22 heavy (non-hydrogen) atoms. The van der Waals surface area contributed by atoms with Crippen LogP contribution in [0, 0.1) is 0 Å². The molecule has 0 bridgehead atoms. The van der Waals surface area contributed by atoms with Crippen LogP contribution in [-0.4, -0.2) is 39.2 Å². The topological polar surface area (TPSA) is 68.8 Å². The fourth-order valence-electron chi connectivity index (χ4n) is 1.91. The van der Waals surface area contributed by atoms with Gasteiger partial charge in [0.15, 0.2) is 6.29 Å². The van der Waals surface area contributed by atoms with Crippen LogP contribution in [0.3, 0.4) is 0 Å². The Hall–Kier alpha value is -1.79. The molecular weight excluding hydrogens is 284 g/mol. The van der Waals surface area contributed by atoms with Gasteiger partial charge in [0, 0.05) is 31.9 Å². The van der Waals surface area contributed by atoms with Gasteiger partial charge < -0.3 is 24.8 Å². The molecule has 0 heterocycles. The van der Waals surface area contributed by atoms with E-state index in [9.17, 15) is 4.79 Å². The third-order valence-corrected chi connectivity index (χ3v) is 2.96. The van der Waals surface area contributed by atoms with E-state index in [0.717, 1.165) is 24.3 Å². The average molecular weight is 310 g/mol. The van der Waals surface area contributed by atoms with Crippen LogP contribution < -0.4 is 15.4 Å². The number of urea groups is 1. The number of methoxy groups -OCH3 is 1. The van der Waals surface area contributed by atoms with Crippen LogP contribution in [0.15, 0.2) is 24.3 Å². The van der Waals surface area contributed by atoms with Crippen molar-refractivity contribution in [3.8, 4) is 5.75 Å². The first-order valence-corrected chi connectivity index (χ1v) is 7.61. The molecule has 0 unspecified atom stereocenters. The molecule has 2 N–H and O–H groups in total. The molecule has 0 aliphatic heterocycles. The smallest absolute Gasteiger partial charge is 0.319 e. The maximum atomic E-state index is 11.7. The highest BCUT2D eigenvalue weighted by atomic mass is 16.7. The summed E-state index contributed by atoms with van der Waals surface area (Å²) in [7, 11) is 1.60. The number of hydrogen-bond acceptors (Lipinski definition) is 4. The van der Waals surface area contributed by atoms with Gasteiger partial charge in [-0.05, 0) is 44.5 Å². The molecule has 0 aliphatic carbocycles. The van der Waals surface area contributed by atoms with E-state index in [4.69, 9.17) is 14.2 Å². The maximum absolute atomic E-state index is 11.7. The third-order valence-electron chi connectivity index (χ3n) is 2.96. The van der Waals surface area contributed by atoms with E-state index in [2.05, 4.69) is 10.6 Å². The summed E-state index contributed by atoms with van der Waals surface area (Å²) in [5, 5.41) is 5.57. The number of benzene rings is 1. The van der Waals surface area contributed by atoms with Crippen molar-refractivity contribution in [3.63, 3.8) is 0 Å². The Kier molecular flexibility index (Phi) is 9.02. The standard InChI is InChI=1S/C16H26N2O4/c1-4-21-15(22-5-2)7-6-12-17-16(19)18-13-8-10-14(20-3)11-9-13/h8-11,15H,4-7,12H2,1-3H3,(H2,17,18,19). The Morgan fingerprint density at radius 3 is 2.32 bits per heavy atom. The van der Waals surface area contributed by atoms with E-state index in [1.807, 2.05) is 13.8 Å². The summed E-state index contributed by atoms with van der Waals surface area (Å²) in [5.41, 5.74) is 0.722. The molecule has 0 aliphatic rings. The normalized spacial score (nSPS) is 10.5. The van der Waals surface area contributed by atoms with E-state index < -0.39 is 0 Å². The van der Waals surface area contributed by atoms with E-state index in [0.29, 0.717) is 19.8 Å². The van der Waals surface area contributed by atoms with Crippen LogP contribution in [0.4, 0.5) is 10.5 Å². The van der Waals surface area contributed by atoms with Gasteiger partial charge in [0.1, 0.15) is 5.75 Å². The first-order valence-electron chi connectivity index (χ1n) is 7.61. The van der Waals surface area contributed by atoms with Gasteiger partial charge in [-0.1, -0.05) is 0 Å². The summed E-state index contributed by atoms with van der Waals surface area (Å²) >= 11 is 0. The summed E-state index contributed by atoms with van der Waals surface area (Å²) in [5.74, 6) is 0.754. The maximum Gasteiger partial charge on any atom is 0.319 e. The van der Waals surface area contributed by atoms with Crippen molar-refractivity contribution < 1.29 is 19.0 Å². The van der Waals surface area contributed by atoms with Crippen LogP contribution in [0.2, 0.25) is 0 Å². The number of nitrogens with one attached hydrogen (secondary N) is 2. The second kappa shape index (κ2) is 10.9. The molecule has 0 spiro atoms. The van der Waals surface area contributed by atoms with Crippen molar-refractivity contribution in [2.24, 2.45) is 0 Å². The van der Waals surface area contributed by atoms with Gasteiger partial charge in [-0.15, -0.1) is 0 Å². The fourth-order valence-corrected chi connectivity index (χ4v) is 1.91. The molecule has 6 heteroatoms. The van der Waals surface area contributed by atoms with Crippen LogP contribution in [0.25, 0.3) is 0 Å². The number of carbonyl (C=O) groups is 1. The summed E-state index contributed by atoms with van der Waals surface area (Å²) in [4.78, 5) is 11.7. The zero-order chi connectivity index (χ0) is 16.2. The lowest BCUT2D eigenvalue weighted by molar-refractivity contribution is -0.139. The number of ether oxygens (including phenoxy) is 3. The van der Waals surface area contributed by atoms with Crippen molar-refractivity contribution >= 4 is 11.7 Å². The van der Waals surface area contributed by atoms with Crippen LogP contribution in [-0.2, 0) is 9.47 Å². The second-order valence-electron chi connectivity index (χ2n) is 4.59. The minimum Gasteiger partial charge on any atom is -0.497 e. The molecule has 1 rings (SSSR count). The molecule has 0 saturated heterocycles. The fraction of sp³-hybridized carbons (Fsp3) is 0.562. The van der Waals surface area contributed by atoms with Crippen molar-refractivity contribution in [3.05, 3.63) is 24.3 Å². The van der Waals surface area contributed by atoms with Crippen LogP contribution >= 0.6 is 0 Å². The number of hydrogen-bond donors (Lipinski definition) is 2. The minimum atomic E-state index is -0.227. The molecule has 0 radical (unpaired) electrons. The van der Waals surface area contributed by atoms with Crippen LogP contribution in [0.5, 0.6) is 5.75 Å². The summed E-state index contributed by atoms with van der Waals surface area (Å²) in [6.45, 7) is 5.68. The van der Waals surface area contributed by atoms with Gasteiger partial charge >= 0.3 is 6.03 Å². The number of rotatable bonds is 10. The third kappa shape index (κ3) is 7.28.